The molecule has 1 aromatic heterocycles. The third-order valence-corrected chi connectivity index (χ3v) is 3.11. The van der Waals surface area contributed by atoms with Crippen molar-refractivity contribution in [1.82, 2.24) is 9.55 Å². The Morgan fingerprint density at radius 2 is 2.50 bits per heavy atom. The molecule has 0 N–H and O–H groups in total. The van der Waals surface area contributed by atoms with Crippen molar-refractivity contribution in [3.8, 4) is 0 Å². The molecule has 0 aromatic carbocycles. The van der Waals surface area contributed by atoms with Crippen LogP contribution >= 0.6 is 11.8 Å². The van der Waals surface area contributed by atoms with Crippen LogP contribution in [-0.2, 0) is 0 Å². The lowest BCUT2D eigenvalue weighted by Crippen LogP contribution is -2.22. The van der Waals surface area contributed by atoms with Crippen molar-refractivity contribution < 1.29 is 0 Å². The molecule has 0 spiro atoms. The van der Waals surface area contributed by atoms with E-state index in [0.717, 1.165) is 6.04 Å². The van der Waals surface area contributed by atoms with Crippen LogP contribution in [0.3, 0.4) is 0 Å². The number of aromatic nitrogens is 2. The van der Waals surface area contributed by atoms with E-state index in [4.69, 9.17) is 0 Å². The van der Waals surface area contributed by atoms with E-state index < -0.39 is 0 Å². The molecule has 2 nitrogen and oxygen atoms in total. The molecule has 0 unspecified atom stereocenters. The summed E-state index contributed by atoms with van der Waals surface area (Å²) in [5.41, 5.74) is 1.28. The van der Waals surface area contributed by atoms with E-state index in [1.54, 1.807) is 0 Å². The third kappa shape index (κ3) is 0.850. The van der Waals surface area contributed by atoms with Crippen LogP contribution in [-0.4, -0.2) is 21.1 Å². The van der Waals surface area contributed by atoms with Crippen molar-refractivity contribution in [1.29, 1.82) is 0 Å². The van der Waals surface area contributed by atoms with Crippen LogP contribution in [0.2, 0.25) is 0 Å². The van der Waals surface area contributed by atoms with Crippen LogP contribution in [0.1, 0.15) is 11.7 Å². The van der Waals surface area contributed by atoms with Gasteiger partial charge in [-0.1, -0.05) is 0 Å². The normalized spacial score (nSPS) is 18.9. The van der Waals surface area contributed by atoms with Crippen molar-refractivity contribution >= 4 is 11.8 Å². The van der Waals surface area contributed by atoms with Gasteiger partial charge in [-0.2, -0.15) is 11.8 Å². The topological polar surface area (TPSA) is 17.8 Å². The van der Waals surface area contributed by atoms with E-state index in [2.05, 4.69) is 16.5 Å². The lowest BCUT2D eigenvalue weighted by atomic mass is 10.3. The number of hydrogen-bond acceptors (Lipinski definition) is 2. The summed E-state index contributed by atoms with van der Waals surface area (Å²) in [5.74, 6) is 2.52. The number of hydrogen-bond donors (Lipinski definition) is 0. The Morgan fingerprint density at radius 3 is 2.90 bits per heavy atom. The Bertz CT molecular complexity index is 227. The summed E-state index contributed by atoms with van der Waals surface area (Å²) < 4.78 is 2.26. The summed E-state index contributed by atoms with van der Waals surface area (Å²) in [6.07, 6.45) is 3.85. The van der Waals surface area contributed by atoms with Gasteiger partial charge in [-0.25, -0.2) is 4.98 Å². The van der Waals surface area contributed by atoms with Gasteiger partial charge in [0, 0.05) is 23.4 Å². The molecular formula is C7H10N2S. The van der Waals surface area contributed by atoms with Gasteiger partial charge in [0.1, 0.15) is 0 Å². The zero-order valence-electron chi connectivity index (χ0n) is 5.95. The first-order valence-electron chi connectivity index (χ1n) is 3.44. The van der Waals surface area contributed by atoms with Gasteiger partial charge in [0.2, 0.25) is 0 Å². The zero-order chi connectivity index (χ0) is 6.97. The summed E-state index contributed by atoms with van der Waals surface area (Å²) in [6.45, 7) is 2.11. The Balaban J connectivity index is 2.23. The minimum atomic E-state index is 0.729. The fourth-order valence-corrected chi connectivity index (χ4v) is 1.90. The van der Waals surface area contributed by atoms with Crippen molar-refractivity contribution in [2.24, 2.45) is 0 Å². The molecule has 1 aromatic rings. The maximum Gasteiger partial charge on any atom is 0.0951 e. The largest absolute Gasteiger partial charge is 0.330 e. The van der Waals surface area contributed by atoms with Crippen molar-refractivity contribution in [3.63, 3.8) is 0 Å². The standard InChI is InChI=1S/C7H10N2S/c1-6-2-8-5-9(6)7-3-10-4-7/h2,5,7H,3-4H2,1H3. The van der Waals surface area contributed by atoms with Crippen LogP contribution in [0.15, 0.2) is 12.5 Å². The average molecular weight is 154 g/mol. The van der Waals surface area contributed by atoms with Crippen molar-refractivity contribution in [3.05, 3.63) is 18.2 Å². The van der Waals surface area contributed by atoms with Crippen LogP contribution < -0.4 is 0 Å². The second-order valence-electron chi connectivity index (χ2n) is 2.63. The minimum absolute atomic E-state index is 0.729. The highest BCUT2D eigenvalue weighted by atomic mass is 32.2. The highest BCUT2D eigenvalue weighted by Gasteiger charge is 2.20. The average Bonchev–Trinajstić information content (AvgIpc) is 2.12. The molecule has 0 aliphatic carbocycles. The lowest BCUT2D eigenvalue weighted by Gasteiger charge is -2.27. The number of imidazole rings is 1. The summed E-state index contributed by atoms with van der Waals surface area (Å²) in [5, 5.41) is 0. The van der Waals surface area contributed by atoms with Gasteiger partial charge in [-0.3, -0.25) is 0 Å². The molecule has 0 saturated carbocycles. The van der Waals surface area contributed by atoms with Crippen LogP contribution in [0.25, 0.3) is 0 Å². The molecule has 3 heteroatoms. The second-order valence-corrected chi connectivity index (χ2v) is 3.71. The van der Waals surface area contributed by atoms with Gasteiger partial charge in [-0.05, 0) is 6.92 Å². The third-order valence-electron chi connectivity index (χ3n) is 1.87. The van der Waals surface area contributed by atoms with Crippen LogP contribution in [0, 0.1) is 6.92 Å². The van der Waals surface area contributed by atoms with Crippen LogP contribution in [0.5, 0.6) is 0 Å². The molecule has 0 amide bonds. The second kappa shape index (κ2) is 2.31. The first kappa shape index (κ1) is 6.28. The predicted molar refractivity (Wildman–Crippen MR) is 43.3 cm³/mol. The first-order valence-corrected chi connectivity index (χ1v) is 4.59. The van der Waals surface area contributed by atoms with Crippen molar-refractivity contribution in [2.75, 3.05) is 11.5 Å². The number of nitrogens with zero attached hydrogens (tertiary/aromatic N) is 2. The first-order chi connectivity index (χ1) is 4.88. The van der Waals surface area contributed by atoms with E-state index in [1.807, 2.05) is 24.3 Å². The molecule has 1 aliphatic heterocycles. The molecule has 54 valence electrons. The van der Waals surface area contributed by atoms with E-state index in [0.29, 0.717) is 0 Å². The molecule has 0 bridgehead atoms. The molecule has 2 rings (SSSR count). The maximum absolute atomic E-state index is 4.08. The van der Waals surface area contributed by atoms with E-state index in [-0.39, 0.29) is 0 Å². The molecule has 0 atom stereocenters. The molecule has 2 heterocycles. The quantitative estimate of drug-likeness (QED) is 0.609. The van der Waals surface area contributed by atoms with Gasteiger partial charge < -0.3 is 4.57 Å². The molecule has 1 aliphatic rings. The number of rotatable bonds is 1. The summed E-state index contributed by atoms with van der Waals surface area (Å²) in [7, 11) is 0. The maximum atomic E-state index is 4.08. The van der Waals surface area contributed by atoms with Gasteiger partial charge in [0.05, 0.1) is 12.4 Å². The zero-order valence-corrected chi connectivity index (χ0v) is 6.77. The van der Waals surface area contributed by atoms with E-state index in [1.165, 1.54) is 17.2 Å². The smallest absolute Gasteiger partial charge is 0.0951 e. The number of thioether (sulfide) groups is 1. The monoisotopic (exact) mass is 154 g/mol. The van der Waals surface area contributed by atoms with Gasteiger partial charge in [0.15, 0.2) is 0 Å². The molecule has 10 heavy (non-hydrogen) atoms. The highest BCUT2D eigenvalue weighted by Crippen LogP contribution is 2.29. The van der Waals surface area contributed by atoms with Crippen molar-refractivity contribution in [2.45, 2.75) is 13.0 Å². The fraction of sp³-hybridized carbons (Fsp3) is 0.571. The van der Waals surface area contributed by atoms with Gasteiger partial charge in [-0.15, -0.1) is 0 Å². The Kier molecular flexibility index (Phi) is 1.45. The summed E-state index contributed by atoms with van der Waals surface area (Å²) in [4.78, 5) is 4.08. The van der Waals surface area contributed by atoms with Gasteiger partial charge in [0.25, 0.3) is 0 Å². The Labute approximate surface area is 64.6 Å². The SMILES string of the molecule is Cc1cncn1C1CSC1. The minimum Gasteiger partial charge on any atom is -0.330 e. The Morgan fingerprint density at radius 1 is 1.70 bits per heavy atom. The van der Waals surface area contributed by atoms with E-state index >= 15 is 0 Å². The highest BCUT2D eigenvalue weighted by molar-refractivity contribution is 8.00. The Hall–Kier alpha value is -0.440. The van der Waals surface area contributed by atoms with Crippen LogP contribution in [0.4, 0.5) is 0 Å². The van der Waals surface area contributed by atoms with E-state index in [9.17, 15) is 0 Å². The molecular weight excluding hydrogens is 144 g/mol. The van der Waals surface area contributed by atoms with Gasteiger partial charge >= 0.3 is 0 Å². The lowest BCUT2D eigenvalue weighted by molar-refractivity contribution is 0.578. The number of aryl methyl sites for hydroxylation is 1. The molecule has 1 saturated heterocycles. The fourth-order valence-electron chi connectivity index (χ4n) is 1.14. The molecule has 0 radical (unpaired) electrons. The molecule has 1 fully saturated rings. The predicted octanol–water partition coefficient (Wildman–Crippen LogP) is 1.48. The summed E-state index contributed by atoms with van der Waals surface area (Å²) >= 11 is 2.00. The summed E-state index contributed by atoms with van der Waals surface area (Å²) in [6, 6.07) is 0.729.